The van der Waals surface area contributed by atoms with E-state index in [1.54, 1.807) is 0 Å². The van der Waals surface area contributed by atoms with Gasteiger partial charge in [0, 0.05) is 12.5 Å². The quantitative estimate of drug-likeness (QED) is 0.806. The lowest BCUT2D eigenvalue weighted by molar-refractivity contribution is -0.144. The molecule has 1 aromatic heterocycles. The highest BCUT2D eigenvalue weighted by atomic mass is 16.2. The van der Waals surface area contributed by atoms with Gasteiger partial charge in [0.15, 0.2) is 0 Å². The summed E-state index contributed by atoms with van der Waals surface area (Å²) in [5, 5.41) is 2.83. The van der Waals surface area contributed by atoms with Gasteiger partial charge >= 0.3 is 0 Å². The number of nitrogens with one attached hydrogen (secondary N) is 1. The molecule has 0 bridgehead atoms. The van der Waals surface area contributed by atoms with Crippen LogP contribution in [0.1, 0.15) is 57.8 Å². The molecule has 1 aliphatic heterocycles. The number of imidazole rings is 1. The fourth-order valence-corrected chi connectivity index (χ4v) is 4.63. The van der Waals surface area contributed by atoms with Crippen LogP contribution in [0.4, 0.5) is 0 Å². The molecule has 1 spiro atoms. The number of hydrogen-bond acceptors (Lipinski definition) is 4. The van der Waals surface area contributed by atoms with Gasteiger partial charge in [0.25, 0.3) is 0 Å². The number of nitrogens with zero attached hydrogens (tertiary/aromatic N) is 3. The Labute approximate surface area is 164 Å². The standard InChI is InChI=1S/C21H26N4O3/c1-14(2)25-16-8-4-3-7-15(16)23-17(25)12-22-18(26)13-24-19(27)11-21(20(24)28)9-5-6-10-21/h3-4,7-8,14H,5-6,9-13H2,1-2H3,(H,22,26). The maximum atomic E-state index is 12.7. The van der Waals surface area contributed by atoms with Crippen LogP contribution in [0.3, 0.4) is 0 Å². The Hall–Kier alpha value is -2.70. The van der Waals surface area contributed by atoms with Crippen molar-refractivity contribution in [2.75, 3.05) is 6.54 Å². The van der Waals surface area contributed by atoms with Crippen molar-refractivity contribution in [3.8, 4) is 0 Å². The Kier molecular flexibility index (Phi) is 4.69. The Bertz CT molecular complexity index is 940. The number of carbonyl (C=O) groups is 3. The lowest BCUT2D eigenvalue weighted by atomic mass is 9.84. The summed E-state index contributed by atoms with van der Waals surface area (Å²) >= 11 is 0. The van der Waals surface area contributed by atoms with Gasteiger partial charge in [-0.2, -0.15) is 0 Å². The van der Waals surface area contributed by atoms with Crippen molar-refractivity contribution in [3.05, 3.63) is 30.1 Å². The molecule has 1 saturated heterocycles. The highest BCUT2D eigenvalue weighted by molar-refractivity contribution is 6.08. The van der Waals surface area contributed by atoms with Crippen molar-refractivity contribution in [2.45, 2.75) is 58.5 Å². The zero-order chi connectivity index (χ0) is 19.9. The molecule has 148 valence electrons. The maximum absolute atomic E-state index is 12.7. The second-order valence-corrected chi connectivity index (χ2v) is 8.21. The van der Waals surface area contributed by atoms with Crippen molar-refractivity contribution in [1.29, 1.82) is 0 Å². The molecular weight excluding hydrogens is 356 g/mol. The molecule has 3 amide bonds. The normalized spacial score (nSPS) is 18.8. The van der Waals surface area contributed by atoms with Crippen LogP contribution in [0.5, 0.6) is 0 Å². The Morgan fingerprint density at radius 3 is 2.64 bits per heavy atom. The number of para-hydroxylation sites is 2. The highest BCUT2D eigenvalue weighted by Gasteiger charge is 2.52. The van der Waals surface area contributed by atoms with Gasteiger partial charge in [-0.05, 0) is 38.8 Å². The number of imide groups is 1. The number of likely N-dealkylation sites (tertiary alicyclic amines) is 1. The zero-order valence-electron chi connectivity index (χ0n) is 16.4. The molecule has 7 nitrogen and oxygen atoms in total. The van der Waals surface area contributed by atoms with Crippen molar-refractivity contribution in [3.63, 3.8) is 0 Å². The predicted octanol–water partition coefficient (Wildman–Crippen LogP) is 2.55. The summed E-state index contributed by atoms with van der Waals surface area (Å²) < 4.78 is 2.09. The minimum atomic E-state index is -0.539. The molecule has 1 N–H and O–H groups in total. The summed E-state index contributed by atoms with van der Waals surface area (Å²) in [7, 11) is 0. The average molecular weight is 382 g/mol. The minimum absolute atomic E-state index is 0.167. The van der Waals surface area contributed by atoms with Crippen LogP contribution in [-0.4, -0.2) is 38.7 Å². The van der Waals surface area contributed by atoms with Gasteiger partial charge in [-0.15, -0.1) is 0 Å². The molecule has 0 unspecified atom stereocenters. The third kappa shape index (κ3) is 3.08. The van der Waals surface area contributed by atoms with Gasteiger partial charge in [0.05, 0.1) is 23.0 Å². The number of amides is 3. The van der Waals surface area contributed by atoms with Gasteiger partial charge in [0.2, 0.25) is 17.7 Å². The molecule has 2 aliphatic rings. The molecule has 1 saturated carbocycles. The van der Waals surface area contributed by atoms with Gasteiger partial charge < -0.3 is 9.88 Å². The minimum Gasteiger partial charge on any atom is -0.347 e. The van der Waals surface area contributed by atoms with Crippen LogP contribution in [-0.2, 0) is 20.9 Å². The molecule has 28 heavy (non-hydrogen) atoms. The van der Waals surface area contributed by atoms with Gasteiger partial charge in [-0.3, -0.25) is 19.3 Å². The molecule has 0 atom stereocenters. The molecule has 0 radical (unpaired) electrons. The third-order valence-corrected chi connectivity index (χ3v) is 5.98. The van der Waals surface area contributed by atoms with E-state index in [1.165, 1.54) is 0 Å². The maximum Gasteiger partial charge on any atom is 0.240 e. The van der Waals surface area contributed by atoms with Gasteiger partial charge in [0.1, 0.15) is 12.4 Å². The van der Waals surface area contributed by atoms with Crippen molar-refractivity contribution in [2.24, 2.45) is 5.41 Å². The number of fused-ring (bicyclic) bond motifs is 1. The van der Waals surface area contributed by atoms with E-state index in [4.69, 9.17) is 0 Å². The molecule has 4 rings (SSSR count). The second-order valence-electron chi connectivity index (χ2n) is 8.21. The van der Waals surface area contributed by atoms with Crippen molar-refractivity contribution < 1.29 is 14.4 Å². The smallest absolute Gasteiger partial charge is 0.240 e. The summed E-state index contributed by atoms with van der Waals surface area (Å²) in [6, 6.07) is 8.06. The van der Waals surface area contributed by atoms with Crippen LogP contribution >= 0.6 is 0 Å². The summed E-state index contributed by atoms with van der Waals surface area (Å²) in [5.41, 5.74) is 1.37. The summed E-state index contributed by atoms with van der Waals surface area (Å²) in [6.07, 6.45) is 3.72. The van der Waals surface area contributed by atoms with E-state index in [0.29, 0.717) is 0 Å². The first kappa shape index (κ1) is 18.7. The second kappa shape index (κ2) is 7.04. The number of benzene rings is 1. The predicted molar refractivity (Wildman–Crippen MR) is 104 cm³/mol. The fourth-order valence-electron chi connectivity index (χ4n) is 4.63. The number of aromatic nitrogens is 2. The van der Waals surface area contributed by atoms with E-state index < -0.39 is 5.41 Å². The van der Waals surface area contributed by atoms with E-state index in [2.05, 4.69) is 28.7 Å². The van der Waals surface area contributed by atoms with E-state index in [-0.39, 0.29) is 43.3 Å². The van der Waals surface area contributed by atoms with Crippen LogP contribution in [0.2, 0.25) is 0 Å². The number of carbonyl (C=O) groups excluding carboxylic acids is 3. The van der Waals surface area contributed by atoms with E-state index >= 15 is 0 Å². The molecule has 2 heterocycles. The lowest BCUT2D eigenvalue weighted by Gasteiger charge is -2.20. The lowest BCUT2D eigenvalue weighted by Crippen LogP contribution is -2.42. The third-order valence-electron chi connectivity index (χ3n) is 5.98. The van der Waals surface area contributed by atoms with E-state index in [1.807, 2.05) is 24.3 Å². The zero-order valence-corrected chi connectivity index (χ0v) is 16.4. The van der Waals surface area contributed by atoms with Crippen LogP contribution in [0, 0.1) is 5.41 Å². The Morgan fingerprint density at radius 2 is 1.93 bits per heavy atom. The molecule has 1 aliphatic carbocycles. The first-order chi connectivity index (χ1) is 13.4. The SMILES string of the molecule is CC(C)n1c(CNC(=O)CN2C(=O)CC3(CCCC3)C2=O)nc2ccccc21. The summed E-state index contributed by atoms with van der Waals surface area (Å²) in [4.78, 5) is 43.3. The average Bonchev–Trinajstić information content (AvgIpc) is 3.33. The molecule has 7 heteroatoms. The van der Waals surface area contributed by atoms with E-state index in [9.17, 15) is 14.4 Å². The van der Waals surface area contributed by atoms with Gasteiger partial charge in [-0.1, -0.05) is 25.0 Å². The molecule has 2 aromatic rings. The number of hydrogen-bond donors (Lipinski definition) is 1. The molecular formula is C21H26N4O3. The van der Waals surface area contributed by atoms with Crippen LogP contribution < -0.4 is 5.32 Å². The highest BCUT2D eigenvalue weighted by Crippen LogP contribution is 2.46. The molecule has 1 aromatic carbocycles. The summed E-state index contributed by atoms with van der Waals surface area (Å²) in [6.45, 7) is 4.19. The van der Waals surface area contributed by atoms with Crippen molar-refractivity contribution in [1.82, 2.24) is 19.8 Å². The monoisotopic (exact) mass is 382 g/mol. The van der Waals surface area contributed by atoms with Crippen LogP contribution in [0.25, 0.3) is 11.0 Å². The van der Waals surface area contributed by atoms with Crippen LogP contribution in [0.15, 0.2) is 24.3 Å². The fraction of sp³-hybridized carbons (Fsp3) is 0.524. The Balaban J connectivity index is 1.44. The van der Waals surface area contributed by atoms with E-state index in [0.717, 1.165) is 47.4 Å². The largest absolute Gasteiger partial charge is 0.347 e. The number of rotatable bonds is 5. The molecule has 2 fully saturated rings. The first-order valence-corrected chi connectivity index (χ1v) is 9.99. The summed E-state index contributed by atoms with van der Waals surface area (Å²) in [5.74, 6) is 0.0334. The van der Waals surface area contributed by atoms with Crippen molar-refractivity contribution >= 4 is 28.8 Å². The van der Waals surface area contributed by atoms with Gasteiger partial charge in [-0.25, -0.2) is 4.98 Å². The first-order valence-electron chi connectivity index (χ1n) is 9.99. The topological polar surface area (TPSA) is 84.3 Å². The Morgan fingerprint density at radius 1 is 1.21 bits per heavy atom.